The second-order valence-corrected chi connectivity index (χ2v) is 10.6. The van der Waals surface area contributed by atoms with Crippen LogP contribution < -0.4 is 15.4 Å². The molecule has 0 unspecified atom stereocenters. The van der Waals surface area contributed by atoms with Crippen molar-refractivity contribution < 1.29 is 18.7 Å². The molecule has 5 rings (SSSR count). The standard InChI is InChI=1S/C28H25ClFN5O3S/c1-35(2)28(36)38-21-11-19(31-14-21)6-8-22-13-24-26(39-22)27(33-16-32-24)34-20-7-9-25(23(29)12-20)37-15-17-4-3-5-18(30)10-17/h3-5,7,9-10,12-13,16,19,21,31H,11,14-15H2,1-2H3,(H,32,33,34)/t19-,21-/m1/s1. The maximum Gasteiger partial charge on any atom is 0.409 e. The van der Waals surface area contributed by atoms with E-state index in [0.29, 0.717) is 35.1 Å². The predicted octanol–water partition coefficient (Wildman–Crippen LogP) is 5.59. The Morgan fingerprint density at radius 1 is 1.26 bits per heavy atom. The number of halogens is 2. The summed E-state index contributed by atoms with van der Waals surface area (Å²) in [5.41, 5.74) is 2.22. The van der Waals surface area contributed by atoms with Crippen LogP contribution in [0.2, 0.25) is 5.02 Å². The van der Waals surface area contributed by atoms with E-state index in [1.54, 1.807) is 38.4 Å². The fourth-order valence-corrected chi connectivity index (χ4v) is 5.09. The summed E-state index contributed by atoms with van der Waals surface area (Å²) in [7, 11) is 3.32. The molecule has 0 saturated carbocycles. The molecular formula is C28H25ClFN5O3S. The molecule has 0 bridgehead atoms. The molecule has 8 nitrogen and oxygen atoms in total. The quantitative estimate of drug-likeness (QED) is 0.295. The number of ether oxygens (including phenoxy) is 2. The van der Waals surface area contributed by atoms with Gasteiger partial charge in [-0.05, 0) is 42.0 Å². The second kappa shape index (κ2) is 11.9. The van der Waals surface area contributed by atoms with E-state index in [-0.39, 0.29) is 30.7 Å². The third-order valence-electron chi connectivity index (χ3n) is 5.88. The SMILES string of the molecule is CN(C)C(=O)O[C@H]1CN[C@H](C#Cc2cc3ncnc(Nc4ccc(OCc5cccc(F)c5)c(Cl)c4)c3s2)C1. The highest BCUT2D eigenvalue weighted by Crippen LogP contribution is 2.33. The number of aromatic nitrogens is 2. The van der Waals surface area contributed by atoms with E-state index in [4.69, 9.17) is 21.1 Å². The Bertz CT molecular complexity index is 1570. The molecule has 0 radical (unpaired) electrons. The van der Waals surface area contributed by atoms with E-state index in [9.17, 15) is 9.18 Å². The Balaban J connectivity index is 1.24. The number of rotatable bonds is 6. The Labute approximate surface area is 234 Å². The van der Waals surface area contributed by atoms with Gasteiger partial charge in [-0.2, -0.15) is 0 Å². The van der Waals surface area contributed by atoms with Gasteiger partial charge in [0.1, 0.15) is 30.6 Å². The Morgan fingerprint density at radius 2 is 2.13 bits per heavy atom. The zero-order chi connectivity index (χ0) is 27.4. The van der Waals surface area contributed by atoms with Crippen molar-refractivity contribution in [2.45, 2.75) is 25.2 Å². The second-order valence-electron chi connectivity index (χ2n) is 9.10. The van der Waals surface area contributed by atoms with Gasteiger partial charge in [-0.15, -0.1) is 11.3 Å². The summed E-state index contributed by atoms with van der Waals surface area (Å²) >= 11 is 7.94. The summed E-state index contributed by atoms with van der Waals surface area (Å²) in [5, 5.41) is 7.00. The van der Waals surface area contributed by atoms with Crippen LogP contribution in [0.15, 0.2) is 54.9 Å². The van der Waals surface area contributed by atoms with Gasteiger partial charge in [-0.25, -0.2) is 19.2 Å². The van der Waals surface area contributed by atoms with Crippen molar-refractivity contribution in [2.24, 2.45) is 0 Å². The molecule has 39 heavy (non-hydrogen) atoms. The van der Waals surface area contributed by atoms with E-state index in [2.05, 4.69) is 32.4 Å². The number of carbonyl (C=O) groups is 1. The lowest BCUT2D eigenvalue weighted by atomic mass is 10.2. The number of amides is 1. The number of nitrogens with one attached hydrogen (secondary N) is 2. The highest BCUT2D eigenvalue weighted by molar-refractivity contribution is 7.20. The normalized spacial score (nSPS) is 16.4. The molecule has 2 aromatic heterocycles. The highest BCUT2D eigenvalue weighted by Gasteiger charge is 2.26. The monoisotopic (exact) mass is 565 g/mol. The smallest absolute Gasteiger partial charge is 0.409 e. The van der Waals surface area contributed by atoms with E-state index < -0.39 is 0 Å². The van der Waals surface area contributed by atoms with Crippen molar-refractivity contribution in [2.75, 3.05) is 26.0 Å². The molecule has 1 aliphatic heterocycles. The average molecular weight is 566 g/mol. The molecule has 1 aliphatic rings. The first-order valence-corrected chi connectivity index (χ1v) is 13.3. The third kappa shape index (κ3) is 6.75. The van der Waals surface area contributed by atoms with Crippen LogP contribution in [0.3, 0.4) is 0 Å². The molecule has 1 saturated heterocycles. The number of hydrogen-bond donors (Lipinski definition) is 2. The number of fused-ring (bicyclic) bond motifs is 1. The first-order valence-electron chi connectivity index (χ1n) is 12.2. The molecule has 2 aromatic carbocycles. The van der Waals surface area contributed by atoms with Crippen molar-refractivity contribution in [1.82, 2.24) is 20.2 Å². The van der Waals surface area contributed by atoms with Gasteiger partial charge >= 0.3 is 6.09 Å². The number of hydrogen-bond acceptors (Lipinski definition) is 8. The molecular weight excluding hydrogens is 541 g/mol. The van der Waals surface area contributed by atoms with Crippen molar-refractivity contribution in [1.29, 1.82) is 0 Å². The molecule has 2 N–H and O–H groups in total. The number of benzene rings is 2. The summed E-state index contributed by atoms with van der Waals surface area (Å²) in [6, 6.07) is 13.4. The number of nitrogens with zero attached hydrogens (tertiary/aromatic N) is 3. The largest absolute Gasteiger partial charge is 0.487 e. The Morgan fingerprint density at radius 3 is 2.92 bits per heavy atom. The third-order valence-corrected chi connectivity index (χ3v) is 7.22. The average Bonchev–Trinajstić information content (AvgIpc) is 3.54. The van der Waals surface area contributed by atoms with Crippen LogP contribution in [-0.2, 0) is 11.3 Å². The van der Waals surface area contributed by atoms with Crippen LogP contribution >= 0.6 is 22.9 Å². The summed E-state index contributed by atoms with van der Waals surface area (Å²) < 4.78 is 25.5. The van der Waals surface area contributed by atoms with E-state index in [0.717, 1.165) is 20.8 Å². The fourth-order valence-electron chi connectivity index (χ4n) is 3.93. The Hall–Kier alpha value is -3.91. The molecule has 11 heteroatoms. The van der Waals surface area contributed by atoms with Crippen LogP contribution in [0.5, 0.6) is 5.75 Å². The molecule has 1 fully saturated rings. The van der Waals surface area contributed by atoms with Crippen LogP contribution in [0.4, 0.5) is 20.7 Å². The van der Waals surface area contributed by atoms with Gasteiger partial charge in [0.25, 0.3) is 0 Å². The van der Waals surface area contributed by atoms with Gasteiger partial charge < -0.3 is 19.7 Å². The number of thiophene rings is 1. The van der Waals surface area contributed by atoms with Crippen molar-refractivity contribution in [3.05, 3.63) is 76.1 Å². The van der Waals surface area contributed by atoms with E-state index in [1.165, 1.54) is 34.7 Å². The zero-order valence-corrected chi connectivity index (χ0v) is 22.8. The molecule has 0 aliphatic carbocycles. The molecule has 0 spiro atoms. The van der Waals surface area contributed by atoms with Gasteiger partial charge in [0.15, 0.2) is 5.82 Å². The van der Waals surface area contributed by atoms with Crippen molar-refractivity contribution >= 4 is 50.8 Å². The van der Waals surface area contributed by atoms with Crippen molar-refractivity contribution in [3.8, 4) is 17.6 Å². The van der Waals surface area contributed by atoms with Gasteiger partial charge in [0.2, 0.25) is 0 Å². The van der Waals surface area contributed by atoms with Gasteiger partial charge in [-0.3, -0.25) is 5.32 Å². The lowest BCUT2D eigenvalue weighted by Gasteiger charge is -2.15. The minimum Gasteiger partial charge on any atom is -0.487 e. The first-order chi connectivity index (χ1) is 18.8. The molecule has 3 heterocycles. The van der Waals surface area contributed by atoms with Gasteiger partial charge in [-0.1, -0.05) is 35.6 Å². The van der Waals surface area contributed by atoms with Crippen LogP contribution in [0, 0.1) is 17.7 Å². The summed E-state index contributed by atoms with van der Waals surface area (Å²) in [6.07, 6.45) is 1.57. The Kier molecular flexibility index (Phi) is 8.12. The maximum atomic E-state index is 13.4. The van der Waals surface area contributed by atoms with E-state index >= 15 is 0 Å². The van der Waals surface area contributed by atoms with Crippen LogP contribution in [0.25, 0.3) is 10.2 Å². The lowest BCUT2D eigenvalue weighted by Crippen LogP contribution is -2.29. The predicted molar refractivity (Wildman–Crippen MR) is 150 cm³/mol. The van der Waals surface area contributed by atoms with Gasteiger partial charge in [0.05, 0.1) is 26.2 Å². The van der Waals surface area contributed by atoms with E-state index in [1.807, 2.05) is 12.1 Å². The van der Waals surface area contributed by atoms with Gasteiger partial charge in [0, 0.05) is 32.7 Å². The summed E-state index contributed by atoms with van der Waals surface area (Å²) in [5.74, 6) is 7.25. The minimum absolute atomic E-state index is 0.0670. The number of anilines is 2. The lowest BCUT2D eigenvalue weighted by molar-refractivity contribution is 0.0826. The number of carbonyl (C=O) groups excluding carboxylic acids is 1. The molecule has 4 aromatic rings. The summed E-state index contributed by atoms with van der Waals surface area (Å²) in [6.45, 7) is 0.774. The highest BCUT2D eigenvalue weighted by atomic mass is 35.5. The van der Waals surface area contributed by atoms with Crippen LogP contribution in [-0.4, -0.2) is 53.7 Å². The maximum absolute atomic E-state index is 13.4. The van der Waals surface area contributed by atoms with Crippen LogP contribution in [0.1, 0.15) is 16.9 Å². The molecule has 200 valence electrons. The van der Waals surface area contributed by atoms with Crippen molar-refractivity contribution in [3.63, 3.8) is 0 Å². The zero-order valence-electron chi connectivity index (χ0n) is 21.2. The first kappa shape index (κ1) is 26.7. The summed E-state index contributed by atoms with van der Waals surface area (Å²) in [4.78, 5) is 22.8. The minimum atomic E-state index is -0.356. The molecule has 1 amide bonds. The topological polar surface area (TPSA) is 88.6 Å². The fraction of sp³-hybridized carbons (Fsp3) is 0.250. The molecule has 2 atom stereocenters.